The molecule has 0 aliphatic carbocycles. The fraction of sp³-hybridized carbons (Fsp3) is 0.0909. The summed E-state index contributed by atoms with van der Waals surface area (Å²) < 4.78 is 25.0. The second-order valence-corrected chi connectivity index (χ2v) is 6.00. The van der Waals surface area contributed by atoms with Crippen LogP contribution >= 0.6 is 0 Å². The molecule has 29 heavy (non-hydrogen) atoms. The Kier molecular flexibility index (Phi) is 6.42. The number of rotatable bonds is 7. The molecular formula is C22H19FN2O4. The number of hydrogen-bond acceptors (Lipinski definition) is 5. The van der Waals surface area contributed by atoms with Gasteiger partial charge in [-0.25, -0.2) is 9.82 Å². The standard InChI is InChI=1S/C22H19FN2O4/c1-28-20-8-4-6-16(21(20)29-14-17-5-2-3-7-19(17)23)13-24-25-22(27)15-9-11-18(26)12-10-15/h2-13,26H,14H2,1H3,(H,25,27)/b24-13+. The molecule has 0 radical (unpaired) electrons. The Morgan fingerprint density at radius 3 is 2.59 bits per heavy atom. The quantitative estimate of drug-likeness (QED) is 0.471. The summed E-state index contributed by atoms with van der Waals surface area (Å²) in [4.78, 5) is 12.1. The number of ether oxygens (including phenoxy) is 2. The van der Waals surface area contributed by atoms with Crippen molar-refractivity contribution >= 4 is 12.1 Å². The monoisotopic (exact) mass is 394 g/mol. The third-order valence-electron chi connectivity index (χ3n) is 4.06. The predicted molar refractivity (Wildman–Crippen MR) is 107 cm³/mol. The first kappa shape index (κ1) is 19.9. The number of phenols is 1. The molecule has 0 aliphatic rings. The van der Waals surface area contributed by atoms with E-state index in [0.29, 0.717) is 28.2 Å². The highest BCUT2D eigenvalue weighted by molar-refractivity contribution is 5.95. The molecule has 148 valence electrons. The van der Waals surface area contributed by atoms with Crippen LogP contribution in [-0.2, 0) is 6.61 Å². The summed E-state index contributed by atoms with van der Waals surface area (Å²) >= 11 is 0. The Labute approximate surface area is 167 Å². The lowest BCUT2D eigenvalue weighted by Gasteiger charge is -2.13. The number of nitrogens with one attached hydrogen (secondary N) is 1. The number of carbonyl (C=O) groups is 1. The van der Waals surface area contributed by atoms with Gasteiger partial charge in [-0.05, 0) is 42.5 Å². The van der Waals surface area contributed by atoms with E-state index < -0.39 is 5.91 Å². The van der Waals surface area contributed by atoms with Gasteiger partial charge in [0.15, 0.2) is 11.5 Å². The normalized spacial score (nSPS) is 10.7. The van der Waals surface area contributed by atoms with Gasteiger partial charge < -0.3 is 14.6 Å². The van der Waals surface area contributed by atoms with Crippen molar-refractivity contribution in [2.75, 3.05) is 7.11 Å². The molecule has 0 saturated carbocycles. The van der Waals surface area contributed by atoms with Crippen molar-refractivity contribution < 1.29 is 23.8 Å². The molecule has 1 amide bonds. The van der Waals surface area contributed by atoms with E-state index in [4.69, 9.17) is 9.47 Å². The lowest BCUT2D eigenvalue weighted by Crippen LogP contribution is -2.17. The van der Waals surface area contributed by atoms with Gasteiger partial charge >= 0.3 is 0 Å². The van der Waals surface area contributed by atoms with Crippen LogP contribution in [0.25, 0.3) is 0 Å². The molecule has 0 fully saturated rings. The maximum absolute atomic E-state index is 13.9. The van der Waals surface area contributed by atoms with Gasteiger partial charge in [0.1, 0.15) is 18.2 Å². The minimum Gasteiger partial charge on any atom is -0.508 e. The summed E-state index contributed by atoms with van der Waals surface area (Å²) in [7, 11) is 1.50. The highest BCUT2D eigenvalue weighted by Crippen LogP contribution is 2.31. The van der Waals surface area contributed by atoms with Crippen LogP contribution in [0.15, 0.2) is 71.8 Å². The zero-order chi connectivity index (χ0) is 20.6. The van der Waals surface area contributed by atoms with Crippen molar-refractivity contribution in [2.45, 2.75) is 6.61 Å². The maximum Gasteiger partial charge on any atom is 0.271 e. The van der Waals surface area contributed by atoms with E-state index in [0.717, 1.165) is 0 Å². The van der Waals surface area contributed by atoms with Crippen LogP contribution < -0.4 is 14.9 Å². The summed E-state index contributed by atoms with van der Waals surface area (Å²) in [5, 5.41) is 13.2. The SMILES string of the molecule is COc1cccc(/C=N/NC(=O)c2ccc(O)cc2)c1OCc1ccccc1F. The highest BCUT2D eigenvalue weighted by atomic mass is 19.1. The first-order valence-corrected chi connectivity index (χ1v) is 8.74. The van der Waals surface area contributed by atoms with Crippen LogP contribution in [0.2, 0.25) is 0 Å². The van der Waals surface area contributed by atoms with Crippen molar-refractivity contribution in [2.24, 2.45) is 5.10 Å². The molecule has 0 aromatic heterocycles. The second-order valence-electron chi connectivity index (χ2n) is 6.00. The molecule has 3 rings (SSSR count). The second kappa shape index (κ2) is 9.36. The molecule has 3 aromatic rings. The third kappa shape index (κ3) is 5.10. The lowest BCUT2D eigenvalue weighted by atomic mass is 10.2. The van der Waals surface area contributed by atoms with E-state index in [9.17, 15) is 14.3 Å². The summed E-state index contributed by atoms with van der Waals surface area (Å²) in [5.41, 5.74) is 3.71. The van der Waals surface area contributed by atoms with Crippen molar-refractivity contribution in [3.63, 3.8) is 0 Å². The molecule has 0 aliphatic heterocycles. The molecule has 0 unspecified atom stereocenters. The molecule has 0 spiro atoms. The minimum atomic E-state index is -0.432. The van der Waals surface area contributed by atoms with Crippen LogP contribution in [0.3, 0.4) is 0 Å². The Hall–Kier alpha value is -3.87. The summed E-state index contributed by atoms with van der Waals surface area (Å²) in [6, 6.07) is 17.3. The van der Waals surface area contributed by atoms with Gasteiger partial charge in [0.2, 0.25) is 0 Å². The molecule has 7 heteroatoms. The van der Waals surface area contributed by atoms with Crippen molar-refractivity contribution in [1.82, 2.24) is 5.43 Å². The number of carbonyl (C=O) groups excluding carboxylic acids is 1. The highest BCUT2D eigenvalue weighted by Gasteiger charge is 2.11. The third-order valence-corrected chi connectivity index (χ3v) is 4.06. The van der Waals surface area contributed by atoms with Crippen LogP contribution in [-0.4, -0.2) is 24.3 Å². The average Bonchev–Trinajstić information content (AvgIpc) is 2.74. The fourth-order valence-electron chi connectivity index (χ4n) is 2.55. The molecule has 6 nitrogen and oxygen atoms in total. The Bertz CT molecular complexity index is 1020. The topological polar surface area (TPSA) is 80.2 Å². The Morgan fingerprint density at radius 1 is 1.10 bits per heavy atom. The Morgan fingerprint density at radius 2 is 1.86 bits per heavy atom. The number of para-hydroxylation sites is 1. The van der Waals surface area contributed by atoms with Crippen molar-refractivity contribution in [3.8, 4) is 17.2 Å². The van der Waals surface area contributed by atoms with E-state index >= 15 is 0 Å². The number of hydrazone groups is 1. The minimum absolute atomic E-state index is 0.00769. The number of aromatic hydroxyl groups is 1. The Balaban J connectivity index is 1.74. The first-order chi connectivity index (χ1) is 14.1. The van der Waals surface area contributed by atoms with Gasteiger partial charge in [-0.2, -0.15) is 5.10 Å². The smallest absolute Gasteiger partial charge is 0.271 e. The van der Waals surface area contributed by atoms with Crippen molar-refractivity contribution in [3.05, 3.63) is 89.2 Å². The molecule has 0 bridgehead atoms. The predicted octanol–water partition coefficient (Wildman–Crippen LogP) is 3.88. The van der Waals surface area contributed by atoms with Gasteiger partial charge in [0.05, 0.1) is 13.3 Å². The van der Waals surface area contributed by atoms with E-state index in [1.807, 2.05) is 0 Å². The average molecular weight is 394 g/mol. The number of phenolic OH excluding ortho intramolecular Hbond substituents is 1. The van der Waals surface area contributed by atoms with E-state index in [2.05, 4.69) is 10.5 Å². The van der Waals surface area contributed by atoms with Gasteiger partial charge in [-0.1, -0.05) is 24.3 Å². The van der Waals surface area contributed by atoms with Gasteiger partial charge in [-0.3, -0.25) is 4.79 Å². The maximum atomic E-state index is 13.9. The summed E-state index contributed by atoms with van der Waals surface area (Å²) in [5.74, 6) is 0.103. The van der Waals surface area contributed by atoms with Crippen LogP contribution in [0, 0.1) is 5.82 Å². The molecule has 0 heterocycles. The molecule has 3 aromatic carbocycles. The number of hydrogen-bond donors (Lipinski definition) is 2. The van der Waals surface area contributed by atoms with Crippen molar-refractivity contribution in [1.29, 1.82) is 0 Å². The summed E-state index contributed by atoms with van der Waals surface area (Å²) in [6.45, 7) is 0.00769. The van der Waals surface area contributed by atoms with Crippen LogP contribution in [0.1, 0.15) is 21.5 Å². The lowest BCUT2D eigenvalue weighted by molar-refractivity contribution is 0.0955. The van der Waals surface area contributed by atoms with E-state index in [-0.39, 0.29) is 18.2 Å². The fourth-order valence-corrected chi connectivity index (χ4v) is 2.55. The molecule has 0 saturated heterocycles. The van der Waals surface area contributed by atoms with Gasteiger partial charge in [0, 0.05) is 16.7 Å². The van der Waals surface area contributed by atoms with Gasteiger partial charge in [-0.15, -0.1) is 0 Å². The zero-order valence-electron chi connectivity index (χ0n) is 15.6. The molecular weight excluding hydrogens is 375 g/mol. The number of methoxy groups -OCH3 is 1. The first-order valence-electron chi connectivity index (χ1n) is 8.74. The molecule has 2 N–H and O–H groups in total. The zero-order valence-corrected chi connectivity index (χ0v) is 15.6. The number of nitrogens with zero attached hydrogens (tertiary/aromatic N) is 1. The van der Waals surface area contributed by atoms with Gasteiger partial charge in [0.25, 0.3) is 5.91 Å². The number of amides is 1. The van der Waals surface area contributed by atoms with E-state index in [1.54, 1.807) is 36.4 Å². The van der Waals surface area contributed by atoms with E-state index in [1.165, 1.54) is 43.7 Å². The number of halogens is 1. The largest absolute Gasteiger partial charge is 0.508 e. The molecule has 0 atom stereocenters. The van der Waals surface area contributed by atoms with Crippen LogP contribution in [0.5, 0.6) is 17.2 Å². The van der Waals surface area contributed by atoms with Crippen LogP contribution in [0.4, 0.5) is 4.39 Å². The number of benzene rings is 3. The summed E-state index contributed by atoms with van der Waals surface area (Å²) in [6.07, 6.45) is 1.41.